The van der Waals surface area contributed by atoms with Crippen LogP contribution in [0, 0.1) is 35.5 Å². The molecule has 0 aromatic rings. The number of carbonyl (C=O) groups excluding carboxylic acids is 2. The first-order chi connectivity index (χ1) is 26.5. The summed E-state index contributed by atoms with van der Waals surface area (Å²) in [4.78, 5) is 23.9. The van der Waals surface area contributed by atoms with Gasteiger partial charge < -0.3 is 64.9 Å². The van der Waals surface area contributed by atoms with E-state index in [-0.39, 0.29) is 24.0 Å². The quantitative estimate of drug-likeness (QED) is 0.0383. The van der Waals surface area contributed by atoms with Crippen molar-refractivity contribution in [2.24, 2.45) is 35.5 Å². The molecule has 0 aromatic heterocycles. The molecule has 1 heterocycles. The molecule has 15 nitrogen and oxygen atoms in total. The van der Waals surface area contributed by atoms with E-state index in [1.165, 1.54) is 19.9 Å². The van der Waals surface area contributed by atoms with E-state index < -0.39 is 104 Å². The monoisotopic (exact) mass is 819 g/mol. The first kappa shape index (κ1) is 52.7. The maximum absolute atomic E-state index is 12.5. The van der Waals surface area contributed by atoms with Gasteiger partial charge in [-0.05, 0) is 62.5 Å². The summed E-state index contributed by atoms with van der Waals surface area (Å²) in [7, 11) is 0. The number of hydrogen-bond acceptors (Lipinski definition) is 15. The zero-order chi connectivity index (χ0) is 43.9. The Labute approximate surface area is 339 Å². The third kappa shape index (κ3) is 17.1. The van der Waals surface area contributed by atoms with Gasteiger partial charge in [0.1, 0.15) is 55.9 Å². The van der Waals surface area contributed by atoms with E-state index in [2.05, 4.69) is 20.8 Å². The van der Waals surface area contributed by atoms with Crippen LogP contribution in [0.25, 0.3) is 0 Å². The lowest BCUT2D eigenvalue weighted by Crippen LogP contribution is -2.60. The van der Waals surface area contributed by atoms with Crippen LogP contribution in [0.4, 0.5) is 0 Å². The number of aliphatic hydroxyl groups is 9. The topological polar surface area (TPSA) is 253 Å². The van der Waals surface area contributed by atoms with Gasteiger partial charge in [0.05, 0.1) is 24.9 Å². The SMILES string of the molecule is CCC(C)CC(C)CC(C)C(OC1OC(COC(C)=O)C(O)C(O)C1O)C(C)/C=C(\C)C(O)C(C)/C=C(\C)C(O)C(C)/C=C(\C)C(=O)OCC(O)C(O)C(O)CO. The minimum Gasteiger partial charge on any atom is -0.463 e. The van der Waals surface area contributed by atoms with Crippen molar-refractivity contribution in [3.05, 3.63) is 34.9 Å². The van der Waals surface area contributed by atoms with Gasteiger partial charge in [-0.2, -0.15) is 0 Å². The van der Waals surface area contributed by atoms with E-state index in [4.69, 9.17) is 24.1 Å². The zero-order valence-electron chi connectivity index (χ0n) is 35.8. The maximum atomic E-state index is 12.5. The molecule has 1 rings (SSSR count). The highest BCUT2D eigenvalue weighted by molar-refractivity contribution is 5.87. The molecule has 15 heteroatoms. The first-order valence-electron chi connectivity index (χ1n) is 20.2. The summed E-state index contributed by atoms with van der Waals surface area (Å²) in [6, 6.07) is 0. The van der Waals surface area contributed by atoms with Crippen LogP contribution in [0.3, 0.4) is 0 Å². The molecule has 0 spiro atoms. The van der Waals surface area contributed by atoms with Gasteiger partial charge in [0.2, 0.25) is 0 Å². The molecule has 0 bridgehead atoms. The first-order valence-corrected chi connectivity index (χ1v) is 20.2. The molecule has 9 N–H and O–H groups in total. The van der Waals surface area contributed by atoms with Gasteiger partial charge in [0.15, 0.2) is 6.29 Å². The third-order valence-electron chi connectivity index (χ3n) is 10.9. The third-order valence-corrected chi connectivity index (χ3v) is 10.9. The molecular weight excluding hydrogens is 744 g/mol. The second-order valence-corrected chi connectivity index (χ2v) is 16.5. The van der Waals surface area contributed by atoms with Gasteiger partial charge >= 0.3 is 11.9 Å². The Bertz CT molecular complexity index is 1300. The van der Waals surface area contributed by atoms with Gasteiger partial charge in [-0.1, -0.05) is 73.1 Å². The fourth-order valence-electron chi connectivity index (χ4n) is 7.35. The number of ether oxygens (including phenoxy) is 4. The molecule has 0 amide bonds. The summed E-state index contributed by atoms with van der Waals surface area (Å²) >= 11 is 0. The molecule has 0 aromatic carbocycles. The lowest BCUT2D eigenvalue weighted by atomic mass is 9.82. The van der Waals surface area contributed by atoms with Gasteiger partial charge in [-0.25, -0.2) is 4.79 Å². The number of carbonyl (C=O) groups is 2. The van der Waals surface area contributed by atoms with Gasteiger partial charge in [0.25, 0.3) is 0 Å². The van der Waals surface area contributed by atoms with Crippen molar-refractivity contribution in [3.63, 3.8) is 0 Å². The Morgan fingerprint density at radius 2 is 1.25 bits per heavy atom. The van der Waals surface area contributed by atoms with Crippen LogP contribution in [-0.2, 0) is 28.5 Å². The van der Waals surface area contributed by atoms with E-state index in [1.807, 2.05) is 19.9 Å². The van der Waals surface area contributed by atoms with E-state index >= 15 is 0 Å². The number of aliphatic hydroxyl groups excluding tert-OH is 9. The highest BCUT2D eigenvalue weighted by Crippen LogP contribution is 2.33. The van der Waals surface area contributed by atoms with Crippen LogP contribution >= 0.6 is 0 Å². The molecule has 1 fully saturated rings. The van der Waals surface area contributed by atoms with Crippen LogP contribution in [0.15, 0.2) is 34.9 Å². The fourth-order valence-corrected chi connectivity index (χ4v) is 7.35. The van der Waals surface area contributed by atoms with Crippen molar-refractivity contribution in [3.8, 4) is 0 Å². The molecule has 1 aliphatic heterocycles. The Hall–Kier alpha value is -2.28. The van der Waals surface area contributed by atoms with E-state index in [0.29, 0.717) is 23.0 Å². The Morgan fingerprint density at radius 3 is 1.77 bits per heavy atom. The molecule has 1 aliphatic rings. The van der Waals surface area contributed by atoms with E-state index in [9.17, 15) is 50.4 Å². The summed E-state index contributed by atoms with van der Waals surface area (Å²) in [5.41, 5.74) is 1.30. The van der Waals surface area contributed by atoms with E-state index in [0.717, 1.165) is 19.3 Å². The molecule has 332 valence electrons. The van der Waals surface area contributed by atoms with Gasteiger partial charge in [-0.3, -0.25) is 4.79 Å². The van der Waals surface area contributed by atoms with Crippen molar-refractivity contribution in [1.82, 2.24) is 0 Å². The average Bonchev–Trinajstić information content (AvgIpc) is 3.15. The molecule has 0 radical (unpaired) electrons. The number of esters is 2. The number of hydrogen-bond donors (Lipinski definition) is 9. The maximum Gasteiger partial charge on any atom is 0.333 e. The van der Waals surface area contributed by atoms with E-state index in [1.54, 1.807) is 33.8 Å². The predicted octanol–water partition coefficient (Wildman–Crippen LogP) is 1.93. The lowest BCUT2D eigenvalue weighted by molar-refractivity contribution is -0.317. The normalized spacial score (nSPS) is 27.5. The van der Waals surface area contributed by atoms with Crippen LogP contribution in [0.5, 0.6) is 0 Å². The van der Waals surface area contributed by atoms with Crippen molar-refractivity contribution in [2.75, 3.05) is 19.8 Å². The minimum absolute atomic E-state index is 0.0761. The molecular formula is C42H74O15. The van der Waals surface area contributed by atoms with Crippen LogP contribution in [0.2, 0.25) is 0 Å². The highest BCUT2D eigenvalue weighted by Gasteiger charge is 2.46. The Kier molecular flexibility index (Phi) is 23.5. The molecule has 57 heavy (non-hydrogen) atoms. The van der Waals surface area contributed by atoms with Crippen molar-refractivity contribution < 1.29 is 74.5 Å². The zero-order valence-corrected chi connectivity index (χ0v) is 35.8. The average molecular weight is 819 g/mol. The Morgan fingerprint density at radius 1 is 0.702 bits per heavy atom. The smallest absolute Gasteiger partial charge is 0.333 e. The Balaban J connectivity index is 3.20. The van der Waals surface area contributed by atoms with Crippen molar-refractivity contribution in [1.29, 1.82) is 0 Å². The van der Waals surface area contributed by atoms with Crippen molar-refractivity contribution >= 4 is 11.9 Å². The molecule has 1 saturated heterocycles. The summed E-state index contributed by atoms with van der Waals surface area (Å²) < 4.78 is 22.4. The van der Waals surface area contributed by atoms with Gasteiger partial charge in [-0.15, -0.1) is 0 Å². The highest BCUT2D eigenvalue weighted by atomic mass is 16.7. The standard InChI is InChI=1S/C42H74O15/c1-12-21(2)13-22(3)14-27(8)40(57-42-39(52)38(51)37(50)33(56-42)20-54-30(11)44)28(9)16-25(6)34(47)23(4)15-24(5)35(48)26(7)17-29(10)41(53)55-19-32(46)36(49)31(45)18-43/h15-17,21-23,26-28,31-40,42-43,45-52H,12-14,18-20H2,1-11H3/b24-15+,25-16+,29-17+. The second kappa shape index (κ2) is 25.4. The van der Waals surface area contributed by atoms with Crippen LogP contribution in [0.1, 0.15) is 95.4 Å². The van der Waals surface area contributed by atoms with Crippen molar-refractivity contribution in [2.45, 2.75) is 163 Å². The minimum atomic E-state index is -1.71. The molecule has 17 atom stereocenters. The van der Waals surface area contributed by atoms with Crippen LogP contribution in [-0.4, -0.2) is 145 Å². The summed E-state index contributed by atoms with van der Waals surface area (Å²) in [5.74, 6) is -1.96. The lowest BCUT2D eigenvalue weighted by Gasteiger charge is -2.43. The molecule has 17 unspecified atom stereocenters. The summed E-state index contributed by atoms with van der Waals surface area (Å²) in [5, 5.41) is 92.7. The largest absolute Gasteiger partial charge is 0.463 e. The molecule has 0 aliphatic carbocycles. The molecule has 0 saturated carbocycles. The summed E-state index contributed by atoms with van der Waals surface area (Å²) in [6.45, 7) is 18.4. The second-order valence-electron chi connectivity index (χ2n) is 16.5. The summed E-state index contributed by atoms with van der Waals surface area (Å²) in [6.07, 6.45) is -6.74. The number of rotatable bonds is 24. The fraction of sp³-hybridized carbons (Fsp3) is 0.810. The van der Waals surface area contributed by atoms with Gasteiger partial charge in [0, 0.05) is 30.3 Å². The van der Waals surface area contributed by atoms with Crippen LogP contribution < -0.4 is 0 Å². The predicted molar refractivity (Wildman–Crippen MR) is 212 cm³/mol.